The summed E-state index contributed by atoms with van der Waals surface area (Å²) in [6.07, 6.45) is 0. The lowest BCUT2D eigenvalue weighted by Gasteiger charge is -2.10. The summed E-state index contributed by atoms with van der Waals surface area (Å²) in [7, 11) is 0. The van der Waals surface area contributed by atoms with E-state index in [2.05, 4.69) is 24.0 Å². The molecule has 0 atom stereocenters. The minimum Gasteiger partial charge on any atom is -0.486 e. The zero-order valence-electron chi connectivity index (χ0n) is 10.6. The quantitative estimate of drug-likeness (QED) is 0.843. The fourth-order valence-electron chi connectivity index (χ4n) is 1.68. The Hall–Kier alpha value is -1.62. The first-order valence-electron chi connectivity index (χ1n) is 5.98. The summed E-state index contributed by atoms with van der Waals surface area (Å²) < 4.78 is 8.32. The van der Waals surface area contributed by atoms with E-state index in [1.807, 2.05) is 34.9 Å². The maximum atomic E-state index is 5.68. The molecule has 1 aromatic heterocycles. The number of nitrogens with one attached hydrogen (secondary N) is 1. The lowest BCUT2D eigenvalue weighted by Crippen LogP contribution is -2.11. The van der Waals surface area contributed by atoms with Crippen molar-refractivity contribution in [3.05, 3.63) is 40.9 Å². The monoisotopic (exact) mass is 263 g/mol. The van der Waals surface area contributed by atoms with E-state index in [4.69, 9.17) is 17.0 Å². The molecule has 0 unspecified atom stereocenters. The minimum absolute atomic E-state index is 0.421. The molecule has 0 saturated heterocycles. The van der Waals surface area contributed by atoms with E-state index in [0.29, 0.717) is 17.3 Å². The van der Waals surface area contributed by atoms with Crippen molar-refractivity contribution in [2.24, 2.45) is 5.92 Å². The molecule has 0 saturated carbocycles. The van der Waals surface area contributed by atoms with Crippen molar-refractivity contribution in [2.75, 3.05) is 0 Å². The average Bonchev–Trinajstić information content (AvgIpc) is 2.69. The van der Waals surface area contributed by atoms with Gasteiger partial charge in [-0.05, 0) is 30.3 Å². The summed E-state index contributed by atoms with van der Waals surface area (Å²) in [6, 6.07) is 9.70. The Bertz CT molecular complexity index is 545. The Balaban J connectivity index is 2.08. The van der Waals surface area contributed by atoms with Crippen LogP contribution in [-0.4, -0.2) is 14.8 Å². The molecular weight excluding hydrogens is 246 g/mol. The highest BCUT2D eigenvalue weighted by molar-refractivity contribution is 7.71. The number of hydrogen-bond acceptors (Lipinski definition) is 3. The molecule has 2 rings (SSSR count). The first-order valence-corrected chi connectivity index (χ1v) is 6.39. The molecular formula is C13H17N3OS. The predicted octanol–water partition coefficient (Wildman–Crippen LogP) is 3.18. The number of aromatic amines is 1. The van der Waals surface area contributed by atoms with Crippen molar-refractivity contribution in [3.63, 3.8) is 0 Å². The van der Waals surface area contributed by atoms with Gasteiger partial charge in [0.15, 0.2) is 10.6 Å². The Morgan fingerprint density at radius 1 is 1.33 bits per heavy atom. The highest BCUT2D eigenvalue weighted by Crippen LogP contribution is 2.11. The van der Waals surface area contributed by atoms with Crippen LogP contribution >= 0.6 is 12.2 Å². The van der Waals surface area contributed by atoms with Crippen LogP contribution in [0, 0.1) is 10.7 Å². The zero-order chi connectivity index (χ0) is 13.0. The second-order valence-electron chi connectivity index (χ2n) is 4.55. The lowest BCUT2D eigenvalue weighted by atomic mass is 10.2. The molecule has 18 heavy (non-hydrogen) atoms. The van der Waals surface area contributed by atoms with Gasteiger partial charge in [-0.25, -0.2) is 0 Å². The molecule has 1 heterocycles. The summed E-state index contributed by atoms with van der Waals surface area (Å²) in [5, 5.41) is 7.02. The lowest BCUT2D eigenvalue weighted by molar-refractivity contribution is 0.286. The highest BCUT2D eigenvalue weighted by Gasteiger charge is 2.08. The molecule has 0 aliphatic heterocycles. The molecule has 96 valence electrons. The maximum Gasteiger partial charge on any atom is 0.195 e. The van der Waals surface area contributed by atoms with Gasteiger partial charge in [0.1, 0.15) is 12.4 Å². The Morgan fingerprint density at radius 2 is 2.06 bits per heavy atom. The summed E-state index contributed by atoms with van der Waals surface area (Å²) >= 11 is 5.21. The molecule has 4 nitrogen and oxygen atoms in total. The first kappa shape index (κ1) is 12.8. The number of ether oxygens (including phenoxy) is 1. The Morgan fingerprint density at radius 3 is 2.72 bits per heavy atom. The molecule has 0 aliphatic rings. The summed E-state index contributed by atoms with van der Waals surface area (Å²) in [5.41, 5.74) is 0. The summed E-state index contributed by atoms with van der Waals surface area (Å²) in [4.78, 5) is 0. The van der Waals surface area contributed by atoms with Crippen molar-refractivity contribution in [1.29, 1.82) is 0 Å². The number of para-hydroxylation sites is 1. The molecule has 0 spiro atoms. The smallest absolute Gasteiger partial charge is 0.195 e. The van der Waals surface area contributed by atoms with Crippen LogP contribution in [0.3, 0.4) is 0 Å². The minimum atomic E-state index is 0.421. The predicted molar refractivity (Wildman–Crippen MR) is 73.0 cm³/mol. The third kappa shape index (κ3) is 3.20. The topological polar surface area (TPSA) is 42.8 Å². The van der Waals surface area contributed by atoms with Crippen LogP contribution in [0.5, 0.6) is 5.75 Å². The SMILES string of the molecule is CC(C)Cn1c(COc2ccccc2)n[nH]c1=S. The van der Waals surface area contributed by atoms with E-state index in [0.717, 1.165) is 18.1 Å². The van der Waals surface area contributed by atoms with E-state index in [-0.39, 0.29) is 0 Å². The van der Waals surface area contributed by atoms with Crippen LogP contribution in [0.15, 0.2) is 30.3 Å². The van der Waals surface area contributed by atoms with Gasteiger partial charge in [0.2, 0.25) is 0 Å². The Labute approximate surface area is 112 Å². The second-order valence-corrected chi connectivity index (χ2v) is 4.94. The van der Waals surface area contributed by atoms with Crippen molar-refractivity contribution in [2.45, 2.75) is 27.0 Å². The van der Waals surface area contributed by atoms with E-state index < -0.39 is 0 Å². The van der Waals surface area contributed by atoms with Crippen molar-refractivity contribution in [3.8, 4) is 5.75 Å². The molecule has 1 N–H and O–H groups in total. The van der Waals surface area contributed by atoms with E-state index in [1.54, 1.807) is 0 Å². The van der Waals surface area contributed by atoms with Gasteiger partial charge in [0.25, 0.3) is 0 Å². The van der Waals surface area contributed by atoms with Crippen molar-refractivity contribution < 1.29 is 4.74 Å². The molecule has 0 fully saturated rings. The molecule has 2 aromatic rings. The first-order chi connectivity index (χ1) is 8.66. The Kier molecular flexibility index (Phi) is 4.15. The van der Waals surface area contributed by atoms with Gasteiger partial charge in [-0.15, -0.1) is 0 Å². The normalized spacial score (nSPS) is 10.8. The van der Waals surface area contributed by atoms with Crippen LogP contribution < -0.4 is 4.74 Å². The van der Waals surface area contributed by atoms with Gasteiger partial charge in [0, 0.05) is 6.54 Å². The fourth-order valence-corrected chi connectivity index (χ4v) is 1.90. The molecule has 0 amide bonds. The average molecular weight is 263 g/mol. The maximum absolute atomic E-state index is 5.68. The number of aromatic nitrogens is 3. The standard InChI is InChI=1S/C13H17N3OS/c1-10(2)8-16-12(14-15-13(16)18)9-17-11-6-4-3-5-7-11/h3-7,10H,8-9H2,1-2H3,(H,15,18). The van der Waals surface area contributed by atoms with Crippen LogP contribution in [0.2, 0.25) is 0 Å². The molecule has 1 aromatic carbocycles. The van der Waals surface area contributed by atoms with Gasteiger partial charge >= 0.3 is 0 Å². The molecule has 0 bridgehead atoms. The zero-order valence-corrected chi connectivity index (χ0v) is 11.4. The van der Waals surface area contributed by atoms with Gasteiger partial charge in [-0.3, -0.25) is 5.10 Å². The van der Waals surface area contributed by atoms with Crippen LogP contribution in [0.25, 0.3) is 0 Å². The van der Waals surface area contributed by atoms with E-state index in [1.165, 1.54) is 0 Å². The van der Waals surface area contributed by atoms with Crippen molar-refractivity contribution in [1.82, 2.24) is 14.8 Å². The van der Waals surface area contributed by atoms with E-state index in [9.17, 15) is 0 Å². The van der Waals surface area contributed by atoms with Crippen LogP contribution in [0.1, 0.15) is 19.7 Å². The number of nitrogens with zero attached hydrogens (tertiary/aromatic N) is 2. The molecule has 5 heteroatoms. The third-order valence-electron chi connectivity index (χ3n) is 2.50. The largest absolute Gasteiger partial charge is 0.486 e. The number of H-pyrrole nitrogens is 1. The van der Waals surface area contributed by atoms with Crippen molar-refractivity contribution >= 4 is 12.2 Å². The second kappa shape index (κ2) is 5.82. The van der Waals surface area contributed by atoms with Gasteiger partial charge in [-0.1, -0.05) is 32.0 Å². The highest BCUT2D eigenvalue weighted by atomic mass is 32.1. The van der Waals surface area contributed by atoms with Gasteiger partial charge in [-0.2, -0.15) is 5.10 Å². The van der Waals surface area contributed by atoms with E-state index >= 15 is 0 Å². The van der Waals surface area contributed by atoms with Gasteiger partial charge < -0.3 is 9.30 Å². The summed E-state index contributed by atoms with van der Waals surface area (Å²) in [6.45, 7) is 5.57. The summed E-state index contributed by atoms with van der Waals surface area (Å²) in [5.74, 6) is 2.19. The molecule has 0 radical (unpaired) electrons. The number of rotatable bonds is 5. The van der Waals surface area contributed by atoms with Crippen LogP contribution in [-0.2, 0) is 13.2 Å². The van der Waals surface area contributed by atoms with Gasteiger partial charge in [0.05, 0.1) is 0 Å². The fraction of sp³-hybridized carbons (Fsp3) is 0.385. The molecule has 0 aliphatic carbocycles. The number of benzene rings is 1. The third-order valence-corrected chi connectivity index (χ3v) is 2.81. The number of hydrogen-bond donors (Lipinski definition) is 1. The van der Waals surface area contributed by atoms with Crippen LogP contribution in [0.4, 0.5) is 0 Å².